The summed E-state index contributed by atoms with van der Waals surface area (Å²) >= 11 is 0. The van der Waals surface area contributed by atoms with Gasteiger partial charge in [0, 0.05) is 37.9 Å². The largest absolute Gasteiger partial charge is 0.489 e. The fraction of sp³-hybridized carbons (Fsp3) is 0.571. The van der Waals surface area contributed by atoms with Crippen LogP contribution in [0.25, 0.3) is 0 Å². The van der Waals surface area contributed by atoms with E-state index >= 15 is 0 Å². The Morgan fingerprint density at radius 3 is 2.44 bits per heavy atom. The molecule has 0 spiro atoms. The Morgan fingerprint density at radius 1 is 1.17 bits per heavy atom. The lowest BCUT2D eigenvalue weighted by atomic mass is 10.2. The number of nitrogens with zero attached hydrogens (tertiary/aromatic N) is 2. The molecule has 1 aliphatic rings. The SMILES string of the molecule is CC(C)Oc1cc(N2CCN(C)CC2)ccc1N. The third-order valence-electron chi connectivity index (χ3n) is 3.23. The molecule has 0 amide bonds. The third-order valence-corrected chi connectivity index (χ3v) is 3.23. The first kappa shape index (κ1) is 13.0. The van der Waals surface area contributed by atoms with Crippen molar-refractivity contribution in [2.75, 3.05) is 43.9 Å². The second-order valence-corrected chi connectivity index (χ2v) is 5.18. The van der Waals surface area contributed by atoms with Crippen LogP contribution in [0.5, 0.6) is 5.75 Å². The predicted molar refractivity (Wildman–Crippen MR) is 76.3 cm³/mol. The Labute approximate surface area is 109 Å². The van der Waals surface area contributed by atoms with Crippen LogP contribution in [-0.4, -0.2) is 44.2 Å². The van der Waals surface area contributed by atoms with Crippen LogP contribution in [0.1, 0.15) is 13.8 Å². The van der Waals surface area contributed by atoms with Crippen LogP contribution in [0, 0.1) is 0 Å². The highest BCUT2D eigenvalue weighted by molar-refractivity contribution is 5.62. The second-order valence-electron chi connectivity index (χ2n) is 5.18. The zero-order valence-electron chi connectivity index (χ0n) is 11.5. The molecule has 2 rings (SSSR count). The molecule has 0 radical (unpaired) electrons. The summed E-state index contributed by atoms with van der Waals surface area (Å²) in [4.78, 5) is 4.73. The number of nitrogen functional groups attached to an aromatic ring is 1. The molecule has 0 unspecified atom stereocenters. The number of likely N-dealkylation sites (N-methyl/N-ethyl adjacent to an activating group) is 1. The van der Waals surface area contributed by atoms with Crippen molar-refractivity contribution in [3.05, 3.63) is 18.2 Å². The Hall–Kier alpha value is -1.42. The minimum Gasteiger partial charge on any atom is -0.489 e. The van der Waals surface area contributed by atoms with E-state index in [1.54, 1.807) is 0 Å². The maximum absolute atomic E-state index is 5.94. The molecule has 0 saturated carbocycles. The van der Waals surface area contributed by atoms with E-state index in [0.717, 1.165) is 31.9 Å². The van der Waals surface area contributed by atoms with E-state index < -0.39 is 0 Å². The number of nitrogens with two attached hydrogens (primary N) is 1. The summed E-state index contributed by atoms with van der Waals surface area (Å²) < 4.78 is 5.74. The molecule has 4 nitrogen and oxygen atoms in total. The Balaban J connectivity index is 2.13. The molecule has 1 heterocycles. The van der Waals surface area contributed by atoms with Gasteiger partial charge in [-0.2, -0.15) is 0 Å². The molecule has 1 aromatic carbocycles. The normalized spacial score (nSPS) is 17.2. The van der Waals surface area contributed by atoms with Crippen LogP contribution in [0.3, 0.4) is 0 Å². The van der Waals surface area contributed by atoms with Gasteiger partial charge in [0.05, 0.1) is 11.8 Å². The topological polar surface area (TPSA) is 41.7 Å². The molecule has 18 heavy (non-hydrogen) atoms. The van der Waals surface area contributed by atoms with E-state index in [1.807, 2.05) is 19.9 Å². The Bertz CT molecular complexity index is 398. The summed E-state index contributed by atoms with van der Waals surface area (Å²) in [6.45, 7) is 8.35. The third kappa shape index (κ3) is 3.07. The molecule has 2 N–H and O–H groups in total. The average molecular weight is 249 g/mol. The van der Waals surface area contributed by atoms with Crippen molar-refractivity contribution in [3.63, 3.8) is 0 Å². The van der Waals surface area contributed by atoms with Crippen LogP contribution in [0.15, 0.2) is 18.2 Å². The number of hydrogen-bond acceptors (Lipinski definition) is 4. The highest BCUT2D eigenvalue weighted by atomic mass is 16.5. The lowest BCUT2D eigenvalue weighted by molar-refractivity contribution is 0.244. The first-order chi connectivity index (χ1) is 8.56. The molecule has 1 aromatic rings. The van der Waals surface area contributed by atoms with Crippen LogP contribution in [0.4, 0.5) is 11.4 Å². The number of rotatable bonds is 3. The first-order valence-corrected chi connectivity index (χ1v) is 6.56. The van der Waals surface area contributed by atoms with Gasteiger partial charge in [0.2, 0.25) is 0 Å². The van der Waals surface area contributed by atoms with Gasteiger partial charge in [0.1, 0.15) is 5.75 Å². The van der Waals surface area contributed by atoms with Gasteiger partial charge < -0.3 is 20.3 Å². The van der Waals surface area contributed by atoms with Crippen molar-refractivity contribution in [1.82, 2.24) is 4.90 Å². The summed E-state index contributed by atoms with van der Waals surface area (Å²) in [5.74, 6) is 0.793. The number of benzene rings is 1. The van der Waals surface area contributed by atoms with E-state index in [1.165, 1.54) is 5.69 Å². The van der Waals surface area contributed by atoms with Gasteiger partial charge in [-0.15, -0.1) is 0 Å². The Kier molecular flexibility index (Phi) is 3.97. The molecule has 0 aromatic heterocycles. The fourth-order valence-corrected chi connectivity index (χ4v) is 2.14. The van der Waals surface area contributed by atoms with Crippen LogP contribution < -0.4 is 15.4 Å². The van der Waals surface area contributed by atoms with E-state index in [9.17, 15) is 0 Å². The number of ether oxygens (including phenoxy) is 1. The van der Waals surface area contributed by atoms with Gasteiger partial charge in [-0.05, 0) is 33.0 Å². The van der Waals surface area contributed by atoms with Crippen molar-refractivity contribution in [2.24, 2.45) is 0 Å². The van der Waals surface area contributed by atoms with Crippen molar-refractivity contribution in [3.8, 4) is 5.75 Å². The zero-order chi connectivity index (χ0) is 13.1. The highest BCUT2D eigenvalue weighted by Gasteiger charge is 2.15. The van der Waals surface area contributed by atoms with Crippen molar-refractivity contribution in [1.29, 1.82) is 0 Å². The minimum atomic E-state index is 0.148. The molecule has 1 saturated heterocycles. The monoisotopic (exact) mass is 249 g/mol. The van der Waals surface area contributed by atoms with Gasteiger partial charge >= 0.3 is 0 Å². The first-order valence-electron chi connectivity index (χ1n) is 6.56. The molecule has 0 bridgehead atoms. The van der Waals surface area contributed by atoms with E-state index in [2.05, 4.69) is 29.0 Å². The number of anilines is 2. The second kappa shape index (κ2) is 5.48. The predicted octanol–water partition coefficient (Wildman–Crippen LogP) is 1.81. The summed E-state index contributed by atoms with van der Waals surface area (Å²) in [7, 11) is 2.16. The molecular weight excluding hydrogens is 226 g/mol. The quantitative estimate of drug-likeness (QED) is 0.830. The van der Waals surface area contributed by atoms with E-state index in [-0.39, 0.29) is 6.10 Å². The molecule has 0 aliphatic carbocycles. The fourth-order valence-electron chi connectivity index (χ4n) is 2.14. The minimum absolute atomic E-state index is 0.148. The maximum atomic E-state index is 5.94. The number of hydrogen-bond donors (Lipinski definition) is 1. The van der Waals surface area contributed by atoms with Gasteiger partial charge in [0.15, 0.2) is 0 Å². The van der Waals surface area contributed by atoms with Crippen LogP contribution in [-0.2, 0) is 0 Å². The summed E-state index contributed by atoms with van der Waals surface area (Å²) in [6.07, 6.45) is 0.148. The van der Waals surface area contributed by atoms with Gasteiger partial charge in [0.25, 0.3) is 0 Å². The van der Waals surface area contributed by atoms with Crippen LogP contribution in [0.2, 0.25) is 0 Å². The highest BCUT2D eigenvalue weighted by Crippen LogP contribution is 2.29. The van der Waals surface area contributed by atoms with E-state index in [4.69, 9.17) is 10.5 Å². The van der Waals surface area contributed by atoms with Gasteiger partial charge in [-0.1, -0.05) is 0 Å². The zero-order valence-corrected chi connectivity index (χ0v) is 11.5. The van der Waals surface area contributed by atoms with Crippen molar-refractivity contribution >= 4 is 11.4 Å². The standard InChI is InChI=1S/C14H23N3O/c1-11(2)18-14-10-12(4-5-13(14)15)17-8-6-16(3)7-9-17/h4-5,10-11H,6-9,15H2,1-3H3. The molecule has 1 aliphatic heterocycles. The average Bonchev–Trinajstić information content (AvgIpc) is 2.32. The summed E-state index contributed by atoms with van der Waals surface area (Å²) in [5, 5.41) is 0. The molecular formula is C14H23N3O. The van der Waals surface area contributed by atoms with E-state index in [0.29, 0.717) is 5.69 Å². The molecule has 4 heteroatoms. The number of piperazine rings is 1. The van der Waals surface area contributed by atoms with Crippen LogP contribution >= 0.6 is 0 Å². The van der Waals surface area contributed by atoms with Crippen molar-refractivity contribution < 1.29 is 4.74 Å². The molecule has 0 atom stereocenters. The smallest absolute Gasteiger partial charge is 0.144 e. The van der Waals surface area contributed by atoms with Gasteiger partial charge in [-0.3, -0.25) is 0 Å². The van der Waals surface area contributed by atoms with Crippen molar-refractivity contribution in [2.45, 2.75) is 20.0 Å². The Morgan fingerprint density at radius 2 is 1.83 bits per heavy atom. The summed E-state index contributed by atoms with van der Waals surface area (Å²) in [5.41, 5.74) is 7.85. The van der Waals surface area contributed by atoms with Gasteiger partial charge in [-0.25, -0.2) is 0 Å². The maximum Gasteiger partial charge on any atom is 0.144 e. The molecule has 100 valence electrons. The molecule has 1 fully saturated rings. The summed E-state index contributed by atoms with van der Waals surface area (Å²) in [6, 6.07) is 6.07. The lowest BCUT2D eigenvalue weighted by Gasteiger charge is -2.34. The lowest BCUT2D eigenvalue weighted by Crippen LogP contribution is -2.44.